The van der Waals surface area contributed by atoms with Gasteiger partial charge >= 0.3 is 0 Å². The van der Waals surface area contributed by atoms with Crippen LogP contribution in [0.5, 0.6) is 0 Å². The summed E-state index contributed by atoms with van der Waals surface area (Å²) in [7, 11) is 0. The van der Waals surface area contributed by atoms with Crippen LogP contribution in [0.4, 0.5) is 0 Å². The molecule has 0 aliphatic heterocycles. The molecule has 0 saturated heterocycles. The van der Waals surface area contributed by atoms with Gasteiger partial charge < -0.3 is 0 Å². The van der Waals surface area contributed by atoms with E-state index < -0.39 is 0 Å². The maximum Gasteiger partial charge on any atom is 0 e. The Hall–Kier alpha value is 2.15. The van der Waals surface area contributed by atoms with Crippen molar-refractivity contribution in [2.45, 2.75) is 0 Å². The summed E-state index contributed by atoms with van der Waals surface area (Å²) in [4.78, 5) is 0. The third kappa shape index (κ3) is 8.91. The van der Waals surface area contributed by atoms with Crippen molar-refractivity contribution in [2.24, 2.45) is 0 Å². The van der Waals surface area contributed by atoms with Crippen LogP contribution in [0.15, 0.2) is 0 Å². The summed E-state index contributed by atoms with van der Waals surface area (Å²) in [5, 5.41) is 0. The van der Waals surface area contributed by atoms with E-state index >= 15 is 0 Å². The molecule has 0 aromatic carbocycles. The Labute approximate surface area is 70.9 Å². The largest absolute Gasteiger partial charge is 0 e. The third-order valence-corrected chi connectivity index (χ3v) is 0. The van der Waals surface area contributed by atoms with Gasteiger partial charge in [-0.2, -0.15) is 0 Å². The summed E-state index contributed by atoms with van der Waals surface area (Å²) in [6.45, 7) is 0. The second-order valence-corrected chi connectivity index (χ2v) is 0. The van der Waals surface area contributed by atoms with E-state index in [9.17, 15) is 0 Å². The monoisotopic (exact) mass is 233 g/mol. The SMILES string of the molecule is [Cr].[Cu].[Si].[Zr]. The summed E-state index contributed by atoms with van der Waals surface area (Å²) >= 11 is 0. The Balaban J connectivity index is 0. The van der Waals surface area contributed by atoms with E-state index in [4.69, 9.17) is 0 Å². The molecule has 0 fully saturated rings. The molecule has 4 heavy (non-hydrogen) atoms. The molecule has 0 unspecified atom stereocenters. The van der Waals surface area contributed by atoms with Crippen molar-refractivity contribution in [3.63, 3.8) is 0 Å². The molecule has 0 aromatic heterocycles. The Kier molecular flexibility index (Phi) is 169. The maximum atomic E-state index is 0. The van der Waals surface area contributed by atoms with Gasteiger partial charge in [0.1, 0.15) is 0 Å². The first kappa shape index (κ1) is 35.3. The first-order valence-corrected chi connectivity index (χ1v) is 0. The normalized spacial score (nSPS) is 0. The molecule has 0 spiro atoms. The molecule has 0 aliphatic carbocycles. The number of rotatable bonds is 0. The minimum absolute atomic E-state index is 0. The van der Waals surface area contributed by atoms with Crippen molar-refractivity contribution in [3.05, 3.63) is 0 Å². The summed E-state index contributed by atoms with van der Waals surface area (Å²) in [5.74, 6) is 0. The summed E-state index contributed by atoms with van der Waals surface area (Å²) < 4.78 is 0. The van der Waals surface area contributed by atoms with Gasteiger partial charge in [0.15, 0.2) is 0 Å². The van der Waals surface area contributed by atoms with Crippen LogP contribution in [0, 0.1) is 0 Å². The number of hydrogen-bond acceptors (Lipinski definition) is 0. The second kappa shape index (κ2) is 19.2. The predicted molar refractivity (Wildman–Crippen MR) is 5.75 cm³/mol. The van der Waals surface area contributed by atoms with Gasteiger partial charge in [-0.3, -0.25) is 0 Å². The van der Waals surface area contributed by atoms with E-state index in [-0.39, 0.29) is 71.6 Å². The van der Waals surface area contributed by atoms with Crippen LogP contribution < -0.4 is 0 Å². The van der Waals surface area contributed by atoms with Crippen LogP contribution in [0.2, 0.25) is 0 Å². The van der Waals surface area contributed by atoms with Crippen LogP contribution in [-0.4, -0.2) is 11.0 Å². The fourth-order valence-corrected chi connectivity index (χ4v) is 0. The average molecular weight is 235 g/mol. The van der Waals surface area contributed by atoms with Gasteiger partial charge in [-0.25, -0.2) is 0 Å². The first-order valence-electron chi connectivity index (χ1n) is 0. The quantitative estimate of drug-likeness (QED) is 0.501. The molecule has 5 radical (unpaired) electrons. The molecule has 0 atom stereocenters. The minimum Gasteiger partial charge on any atom is 0 e. The Morgan fingerprint density at radius 1 is 1.00 bits per heavy atom. The van der Waals surface area contributed by atoms with E-state index in [1.165, 1.54) is 0 Å². The standard InChI is InChI=1S/Cr.Cu.Si.Zr. The van der Waals surface area contributed by atoms with E-state index in [1.807, 2.05) is 0 Å². The van der Waals surface area contributed by atoms with Gasteiger partial charge in [0, 0.05) is 71.6 Å². The fraction of sp³-hybridized carbons (Fsp3) is 0. The Bertz CT molecular complexity index is 8.00. The molecule has 25 valence electrons. The molecule has 0 saturated carbocycles. The van der Waals surface area contributed by atoms with Crippen LogP contribution >= 0.6 is 0 Å². The molecule has 0 aliphatic rings. The molecule has 0 N–H and O–H groups in total. The maximum absolute atomic E-state index is 0. The minimum atomic E-state index is 0. The summed E-state index contributed by atoms with van der Waals surface area (Å²) in [5.41, 5.74) is 0. The van der Waals surface area contributed by atoms with Gasteiger partial charge in [-0.1, -0.05) is 0 Å². The zero-order valence-corrected chi connectivity index (χ0v) is 7.38. The Morgan fingerprint density at radius 3 is 1.00 bits per heavy atom. The van der Waals surface area contributed by atoms with Gasteiger partial charge in [0.05, 0.1) is 0 Å². The van der Waals surface area contributed by atoms with E-state index in [0.717, 1.165) is 0 Å². The van der Waals surface area contributed by atoms with Gasteiger partial charge in [0.2, 0.25) is 0 Å². The second-order valence-electron chi connectivity index (χ2n) is 0. The molecular formula is CrCuSiZr. The van der Waals surface area contributed by atoms with Gasteiger partial charge in [0.25, 0.3) is 0 Å². The van der Waals surface area contributed by atoms with Crippen molar-refractivity contribution in [2.75, 3.05) is 0 Å². The molecule has 4 heteroatoms. The van der Waals surface area contributed by atoms with Crippen LogP contribution in [0.25, 0.3) is 0 Å². The zero-order chi connectivity index (χ0) is 0. The first-order chi connectivity index (χ1) is 0. The topological polar surface area (TPSA) is 0 Å². The molecule has 0 aromatic rings. The van der Waals surface area contributed by atoms with E-state index in [0.29, 0.717) is 0 Å². The molecule has 0 heterocycles. The van der Waals surface area contributed by atoms with E-state index in [1.54, 1.807) is 0 Å². The van der Waals surface area contributed by atoms with Gasteiger partial charge in [-0.05, 0) is 0 Å². The van der Waals surface area contributed by atoms with Crippen molar-refractivity contribution in [1.29, 1.82) is 0 Å². The molecule has 0 nitrogen and oxygen atoms in total. The fourth-order valence-electron chi connectivity index (χ4n) is 0. The van der Waals surface area contributed by atoms with Crippen molar-refractivity contribution >= 4 is 11.0 Å². The summed E-state index contributed by atoms with van der Waals surface area (Å²) in [6.07, 6.45) is 0. The van der Waals surface area contributed by atoms with Gasteiger partial charge in [-0.15, -0.1) is 0 Å². The van der Waals surface area contributed by atoms with Crippen molar-refractivity contribution in [1.82, 2.24) is 0 Å². The smallest absolute Gasteiger partial charge is 0 e. The Morgan fingerprint density at radius 2 is 1.00 bits per heavy atom. The molecule has 0 amide bonds. The van der Waals surface area contributed by atoms with E-state index in [2.05, 4.69) is 0 Å². The van der Waals surface area contributed by atoms with Crippen LogP contribution in [0.1, 0.15) is 0 Å². The predicted octanol–water partition coefficient (Wildman–Crippen LogP) is -0.388. The van der Waals surface area contributed by atoms with Crippen LogP contribution in [0.3, 0.4) is 0 Å². The molecular weight excluding hydrogens is 235 g/mol. The van der Waals surface area contributed by atoms with Crippen LogP contribution in [-0.2, 0) is 60.6 Å². The zero-order valence-electron chi connectivity index (χ0n) is 1.71. The van der Waals surface area contributed by atoms with Crippen molar-refractivity contribution < 1.29 is 60.6 Å². The molecule has 0 bridgehead atoms. The average Bonchev–Trinajstić information content (AvgIpc) is 0. The molecule has 0 rings (SSSR count). The third-order valence-electron chi connectivity index (χ3n) is 0. The van der Waals surface area contributed by atoms with Crippen molar-refractivity contribution in [3.8, 4) is 0 Å². The summed E-state index contributed by atoms with van der Waals surface area (Å²) in [6, 6.07) is 0. The number of hydrogen-bond donors (Lipinski definition) is 0.